The van der Waals surface area contributed by atoms with Crippen LogP contribution in [0.3, 0.4) is 0 Å². The maximum Gasteiger partial charge on any atom is 0.227 e. The molecule has 128 valence electrons. The maximum absolute atomic E-state index is 12.9. The summed E-state index contributed by atoms with van der Waals surface area (Å²) in [6.07, 6.45) is 10.4. The van der Waals surface area contributed by atoms with Crippen LogP contribution in [-0.4, -0.2) is 39.2 Å². The first-order chi connectivity index (χ1) is 11.0. The van der Waals surface area contributed by atoms with Gasteiger partial charge in [0.25, 0.3) is 0 Å². The molecule has 1 amide bonds. The van der Waals surface area contributed by atoms with E-state index < -0.39 is 0 Å². The second kappa shape index (κ2) is 6.63. The van der Waals surface area contributed by atoms with E-state index in [1.54, 1.807) is 0 Å². The number of hydrogen-bond donors (Lipinski definition) is 1. The van der Waals surface area contributed by atoms with Gasteiger partial charge in [-0.05, 0) is 51.0 Å². The highest BCUT2D eigenvalue weighted by molar-refractivity contribution is 5.80. The number of nitrogens with zero attached hydrogens (tertiary/aromatic N) is 3. The highest BCUT2D eigenvalue weighted by Gasteiger charge is 2.40. The molecule has 2 heterocycles. The Balaban J connectivity index is 1.59. The average molecular weight is 318 g/mol. The summed E-state index contributed by atoms with van der Waals surface area (Å²) in [4.78, 5) is 14.9. The molecule has 0 aromatic carbocycles. The molecule has 2 fully saturated rings. The highest BCUT2D eigenvalue weighted by atomic mass is 16.2. The van der Waals surface area contributed by atoms with Crippen molar-refractivity contribution >= 4 is 5.91 Å². The van der Waals surface area contributed by atoms with E-state index >= 15 is 0 Å². The summed E-state index contributed by atoms with van der Waals surface area (Å²) in [5.41, 5.74) is 7.40. The topological polar surface area (TPSA) is 64.2 Å². The molecule has 3 rings (SSSR count). The number of aromatic nitrogens is 2. The molecule has 1 aromatic rings. The molecule has 1 aliphatic heterocycles. The summed E-state index contributed by atoms with van der Waals surface area (Å²) in [5.74, 6) is 0.836. The minimum Gasteiger partial charge on any atom is -0.342 e. The lowest BCUT2D eigenvalue weighted by Crippen LogP contribution is -2.54. The molecule has 1 saturated carbocycles. The van der Waals surface area contributed by atoms with E-state index in [0.717, 1.165) is 58.2 Å². The minimum absolute atomic E-state index is 0.00985. The van der Waals surface area contributed by atoms with Crippen LogP contribution in [0, 0.1) is 5.92 Å². The SMILES string of the molecule is CCn1cc(C2CCN(C(=O)C3CCCCC3(C)N)CC2)cn1. The summed E-state index contributed by atoms with van der Waals surface area (Å²) in [6.45, 7) is 6.78. The fourth-order valence-corrected chi connectivity index (χ4v) is 4.18. The fraction of sp³-hybridized carbons (Fsp3) is 0.778. The Bertz CT molecular complexity index is 543. The highest BCUT2D eigenvalue weighted by Crippen LogP contribution is 2.35. The third-order valence-corrected chi connectivity index (χ3v) is 5.81. The summed E-state index contributed by atoms with van der Waals surface area (Å²) in [5, 5.41) is 4.38. The van der Waals surface area contributed by atoms with Crippen LogP contribution in [0.15, 0.2) is 12.4 Å². The number of nitrogens with two attached hydrogens (primary N) is 1. The van der Waals surface area contributed by atoms with Crippen molar-refractivity contribution in [1.29, 1.82) is 0 Å². The molecule has 2 aliphatic rings. The molecule has 0 bridgehead atoms. The molecule has 2 atom stereocenters. The molecule has 5 nitrogen and oxygen atoms in total. The van der Waals surface area contributed by atoms with Crippen molar-refractivity contribution in [2.75, 3.05) is 13.1 Å². The second-order valence-electron chi connectivity index (χ2n) is 7.53. The molecule has 23 heavy (non-hydrogen) atoms. The number of carbonyl (C=O) groups is 1. The first-order valence-corrected chi connectivity index (χ1v) is 9.11. The second-order valence-corrected chi connectivity index (χ2v) is 7.53. The predicted molar refractivity (Wildman–Crippen MR) is 91.0 cm³/mol. The smallest absolute Gasteiger partial charge is 0.227 e. The Morgan fingerprint density at radius 3 is 2.70 bits per heavy atom. The van der Waals surface area contributed by atoms with Gasteiger partial charge in [0, 0.05) is 31.4 Å². The van der Waals surface area contributed by atoms with E-state index in [-0.39, 0.29) is 17.4 Å². The monoisotopic (exact) mass is 318 g/mol. The van der Waals surface area contributed by atoms with Gasteiger partial charge in [-0.3, -0.25) is 9.48 Å². The van der Waals surface area contributed by atoms with Crippen LogP contribution in [0.1, 0.15) is 63.9 Å². The van der Waals surface area contributed by atoms with Gasteiger partial charge >= 0.3 is 0 Å². The first kappa shape index (κ1) is 16.5. The maximum atomic E-state index is 12.9. The van der Waals surface area contributed by atoms with Gasteiger partial charge in [0.1, 0.15) is 0 Å². The summed E-state index contributed by atoms with van der Waals surface area (Å²) < 4.78 is 1.98. The van der Waals surface area contributed by atoms with Crippen LogP contribution in [0.5, 0.6) is 0 Å². The molecule has 1 aliphatic carbocycles. The third kappa shape index (κ3) is 3.44. The van der Waals surface area contributed by atoms with E-state index in [9.17, 15) is 4.79 Å². The van der Waals surface area contributed by atoms with Crippen molar-refractivity contribution in [3.05, 3.63) is 18.0 Å². The van der Waals surface area contributed by atoms with Crippen LogP contribution in [0.25, 0.3) is 0 Å². The third-order valence-electron chi connectivity index (χ3n) is 5.81. The Morgan fingerprint density at radius 1 is 1.35 bits per heavy atom. The van der Waals surface area contributed by atoms with Crippen molar-refractivity contribution in [1.82, 2.24) is 14.7 Å². The number of aryl methyl sites for hydroxylation is 1. The van der Waals surface area contributed by atoms with E-state index in [2.05, 4.69) is 30.0 Å². The quantitative estimate of drug-likeness (QED) is 0.931. The molecular formula is C18H30N4O. The lowest BCUT2D eigenvalue weighted by atomic mass is 9.73. The Labute approximate surface area is 139 Å². The van der Waals surface area contributed by atoms with E-state index in [0.29, 0.717) is 5.92 Å². The van der Waals surface area contributed by atoms with Gasteiger partial charge in [0.2, 0.25) is 5.91 Å². The van der Waals surface area contributed by atoms with Gasteiger partial charge < -0.3 is 10.6 Å². The number of rotatable bonds is 3. The van der Waals surface area contributed by atoms with Gasteiger partial charge in [0.05, 0.1) is 12.1 Å². The predicted octanol–water partition coefficient (Wildman–Crippen LogP) is 2.52. The molecule has 5 heteroatoms. The number of hydrogen-bond acceptors (Lipinski definition) is 3. The van der Waals surface area contributed by atoms with Gasteiger partial charge in [-0.15, -0.1) is 0 Å². The first-order valence-electron chi connectivity index (χ1n) is 9.11. The van der Waals surface area contributed by atoms with Crippen molar-refractivity contribution < 1.29 is 4.79 Å². The van der Waals surface area contributed by atoms with E-state index in [4.69, 9.17) is 5.73 Å². The minimum atomic E-state index is -0.325. The van der Waals surface area contributed by atoms with Crippen molar-refractivity contribution in [3.8, 4) is 0 Å². The molecule has 0 radical (unpaired) electrons. The Morgan fingerprint density at radius 2 is 2.09 bits per heavy atom. The average Bonchev–Trinajstić information content (AvgIpc) is 3.03. The van der Waals surface area contributed by atoms with Crippen molar-refractivity contribution in [3.63, 3.8) is 0 Å². The van der Waals surface area contributed by atoms with Crippen LogP contribution >= 0.6 is 0 Å². The molecule has 2 unspecified atom stereocenters. The van der Waals surface area contributed by atoms with Gasteiger partial charge in [-0.1, -0.05) is 12.8 Å². The van der Waals surface area contributed by atoms with Gasteiger partial charge in [0.15, 0.2) is 0 Å². The number of piperidine rings is 1. The summed E-state index contributed by atoms with van der Waals surface area (Å²) >= 11 is 0. The number of carbonyl (C=O) groups excluding carboxylic acids is 1. The molecule has 1 aromatic heterocycles. The molecular weight excluding hydrogens is 288 g/mol. The van der Waals surface area contributed by atoms with E-state index in [1.807, 2.05) is 10.9 Å². The van der Waals surface area contributed by atoms with Crippen LogP contribution in [0.2, 0.25) is 0 Å². The van der Waals surface area contributed by atoms with E-state index in [1.165, 1.54) is 5.56 Å². The van der Waals surface area contributed by atoms with Gasteiger partial charge in [-0.25, -0.2) is 0 Å². The Kier molecular flexibility index (Phi) is 4.76. The lowest BCUT2D eigenvalue weighted by molar-refractivity contribution is -0.140. The number of amides is 1. The van der Waals surface area contributed by atoms with Crippen molar-refractivity contribution in [2.45, 2.75) is 70.4 Å². The zero-order valence-electron chi connectivity index (χ0n) is 14.5. The zero-order chi connectivity index (χ0) is 16.4. The number of likely N-dealkylation sites (tertiary alicyclic amines) is 1. The Hall–Kier alpha value is -1.36. The molecule has 0 spiro atoms. The zero-order valence-corrected chi connectivity index (χ0v) is 14.5. The lowest BCUT2D eigenvalue weighted by Gasteiger charge is -2.41. The summed E-state index contributed by atoms with van der Waals surface area (Å²) in [6, 6.07) is 0. The van der Waals surface area contributed by atoms with Crippen LogP contribution in [0.4, 0.5) is 0 Å². The van der Waals surface area contributed by atoms with Crippen molar-refractivity contribution in [2.24, 2.45) is 11.7 Å². The standard InChI is InChI=1S/C18H30N4O/c1-3-22-13-15(12-20-22)14-7-10-21(11-8-14)17(23)16-6-4-5-9-18(16,2)19/h12-14,16H,3-11,19H2,1-2H3. The molecule has 2 N–H and O–H groups in total. The molecule has 1 saturated heterocycles. The van der Waals surface area contributed by atoms with Crippen LogP contribution < -0.4 is 5.73 Å². The fourth-order valence-electron chi connectivity index (χ4n) is 4.18. The van der Waals surface area contributed by atoms with Crippen LogP contribution in [-0.2, 0) is 11.3 Å². The normalized spacial score (nSPS) is 29.7. The van der Waals surface area contributed by atoms with Gasteiger partial charge in [-0.2, -0.15) is 5.10 Å². The largest absolute Gasteiger partial charge is 0.342 e. The summed E-state index contributed by atoms with van der Waals surface area (Å²) in [7, 11) is 0.